The van der Waals surface area contributed by atoms with Gasteiger partial charge in [0.25, 0.3) is 0 Å². The minimum Gasteiger partial charge on any atom is -0.356 e. The molecule has 1 atom stereocenters. The van der Waals surface area contributed by atoms with Gasteiger partial charge in [-0.2, -0.15) is 0 Å². The molecule has 0 bridgehead atoms. The van der Waals surface area contributed by atoms with Crippen LogP contribution in [0.1, 0.15) is 44.2 Å². The third-order valence-corrected chi connectivity index (χ3v) is 3.42. The second kappa shape index (κ2) is 8.75. The lowest BCUT2D eigenvalue weighted by Crippen LogP contribution is -2.30. The van der Waals surface area contributed by atoms with Crippen LogP contribution < -0.4 is 10.6 Å². The number of carbonyl (C=O) groups excluding carboxylic acids is 1. The van der Waals surface area contributed by atoms with Crippen molar-refractivity contribution in [2.75, 3.05) is 20.1 Å². The first-order valence-corrected chi connectivity index (χ1v) is 7.55. The van der Waals surface area contributed by atoms with E-state index in [1.807, 2.05) is 14.0 Å². The van der Waals surface area contributed by atoms with Crippen LogP contribution in [0.5, 0.6) is 0 Å². The number of hydrogen-bond donors (Lipinski definition) is 2. The lowest BCUT2D eigenvalue weighted by molar-refractivity contribution is -0.122. The largest absolute Gasteiger partial charge is 0.356 e. The van der Waals surface area contributed by atoms with Crippen LogP contribution >= 0.6 is 0 Å². The molecule has 20 heavy (non-hydrogen) atoms. The molecule has 0 aromatic heterocycles. The molecule has 0 spiro atoms. The Kier molecular flexibility index (Phi) is 7.31. The molecule has 0 fully saturated rings. The molecule has 3 nitrogen and oxygen atoms in total. The van der Waals surface area contributed by atoms with E-state index in [0.29, 0.717) is 5.92 Å². The van der Waals surface area contributed by atoms with Crippen molar-refractivity contribution >= 4 is 5.91 Å². The molecule has 0 saturated carbocycles. The molecule has 1 rings (SSSR count). The van der Waals surface area contributed by atoms with Crippen LogP contribution in [-0.2, 0) is 11.2 Å². The summed E-state index contributed by atoms with van der Waals surface area (Å²) in [5.74, 6) is 0.684. The Morgan fingerprint density at radius 2 is 1.75 bits per heavy atom. The van der Waals surface area contributed by atoms with Crippen LogP contribution in [-0.4, -0.2) is 26.0 Å². The number of hydrogen-bond acceptors (Lipinski definition) is 2. The zero-order valence-corrected chi connectivity index (χ0v) is 13.2. The summed E-state index contributed by atoms with van der Waals surface area (Å²) >= 11 is 0. The van der Waals surface area contributed by atoms with E-state index in [2.05, 4.69) is 48.7 Å². The zero-order valence-electron chi connectivity index (χ0n) is 13.2. The molecule has 0 heterocycles. The molecule has 2 N–H and O–H groups in total. The molecule has 0 aliphatic heterocycles. The van der Waals surface area contributed by atoms with E-state index >= 15 is 0 Å². The van der Waals surface area contributed by atoms with Crippen LogP contribution in [0.15, 0.2) is 24.3 Å². The smallest absolute Gasteiger partial charge is 0.227 e. The van der Waals surface area contributed by atoms with Crippen molar-refractivity contribution in [3.63, 3.8) is 0 Å². The normalized spacial score (nSPS) is 12.4. The molecule has 1 aromatic rings. The minimum absolute atomic E-state index is 0.0855. The molecule has 1 aromatic carbocycles. The van der Waals surface area contributed by atoms with Crippen molar-refractivity contribution in [1.29, 1.82) is 0 Å². The van der Waals surface area contributed by atoms with E-state index in [1.54, 1.807) is 0 Å². The fourth-order valence-corrected chi connectivity index (χ4v) is 2.20. The van der Waals surface area contributed by atoms with E-state index in [-0.39, 0.29) is 11.8 Å². The summed E-state index contributed by atoms with van der Waals surface area (Å²) in [4.78, 5) is 12.0. The summed E-state index contributed by atoms with van der Waals surface area (Å²) in [5.41, 5.74) is 2.43. The summed E-state index contributed by atoms with van der Waals surface area (Å²) in [6.07, 6.45) is 2.05. The van der Waals surface area contributed by atoms with Crippen LogP contribution in [0.4, 0.5) is 0 Å². The van der Waals surface area contributed by atoms with Gasteiger partial charge >= 0.3 is 0 Å². The van der Waals surface area contributed by atoms with Gasteiger partial charge < -0.3 is 10.6 Å². The zero-order chi connectivity index (χ0) is 15.0. The predicted octanol–water partition coefficient (Wildman–Crippen LogP) is 2.71. The molecule has 0 unspecified atom stereocenters. The van der Waals surface area contributed by atoms with Gasteiger partial charge in [0.15, 0.2) is 0 Å². The van der Waals surface area contributed by atoms with Crippen molar-refractivity contribution in [2.45, 2.75) is 39.5 Å². The van der Waals surface area contributed by atoms with Gasteiger partial charge in [0, 0.05) is 6.54 Å². The molecule has 3 heteroatoms. The maximum atomic E-state index is 12.0. The summed E-state index contributed by atoms with van der Waals surface area (Å²) in [5, 5.41) is 6.06. The van der Waals surface area contributed by atoms with Crippen LogP contribution in [0.25, 0.3) is 0 Å². The maximum absolute atomic E-state index is 12.0. The second-order valence-corrected chi connectivity index (χ2v) is 5.81. The van der Waals surface area contributed by atoms with E-state index in [4.69, 9.17) is 0 Å². The van der Waals surface area contributed by atoms with Crippen molar-refractivity contribution < 1.29 is 4.79 Å². The van der Waals surface area contributed by atoms with Crippen molar-refractivity contribution in [3.8, 4) is 0 Å². The standard InChI is InChI=1S/C17H28N2O/c1-13(2)12-15-6-8-16(9-7-15)14(3)17(20)19-11-5-10-18-4/h6-9,13-14,18H,5,10-12H2,1-4H3,(H,19,20)/t14-/m1/s1. The average molecular weight is 276 g/mol. The Bertz CT molecular complexity index is 398. The summed E-state index contributed by atoms with van der Waals surface area (Å²) < 4.78 is 0. The summed E-state index contributed by atoms with van der Waals surface area (Å²) in [6.45, 7) is 8.06. The summed E-state index contributed by atoms with van der Waals surface area (Å²) in [6, 6.07) is 8.44. The van der Waals surface area contributed by atoms with Gasteiger partial charge in [0.1, 0.15) is 0 Å². The highest BCUT2D eigenvalue weighted by molar-refractivity contribution is 5.83. The fraction of sp³-hybridized carbons (Fsp3) is 0.588. The maximum Gasteiger partial charge on any atom is 0.227 e. The van der Waals surface area contributed by atoms with Gasteiger partial charge in [0.05, 0.1) is 5.92 Å². The van der Waals surface area contributed by atoms with Gasteiger partial charge in [-0.3, -0.25) is 4.79 Å². The number of nitrogens with one attached hydrogen (secondary N) is 2. The third kappa shape index (κ3) is 5.74. The van der Waals surface area contributed by atoms with E-state index < -0.39 is 0 Å². The Morgan fingerprint density at radius 1 is 1.10 bits per heavy atom. The van der Waals surface area contributed by atoms with Gasteiger partial charge in [-0.1, -0.05) is 38.1 Å². The van der Waals surface area contributed by atoms with Crippen molar-refractivity contribution in [1.82, 2.24) is 10.6 Å². The first kappa shape index (κ1) is 16.7. The average Bonchev–Trinajstić information content (AvgIpc) is 2.43. The van der Waals surface area contributed by atoms with Gasteiger partial charge in [-0.25, -0.2) is 0 Å². The second-order valence-electron chi connectivity index (χ2n) is 5.81. The van der Waals surface area contributed by atoms with Gasteiger partial charge in [-0.05, 0) is 50.4 Å². The minimum atomic E-state index is -0.0855. The van der Waals surface area contributed by atoms with Crippen molar-refractivity contribution in [2.24, 2.45) is 5.92 Å². The number of amides is 1. The van der Waals surface area contributed by atoms with E-state index in [0.717, 1.165) is 31.5 Å². The van der Waals surface area contributed by atoms with Gasteiger partial charge in [-0.15, -0.1) is 0 Å². The fourth-order valence-electron chi connectivity index (χ4n) is 2.20. The lowest BCUT2D eigenvalue weighted by Gasteiger charge is -2.13. The highest BCUT2D eigenvalue weighted by Crippen LogP contribution is 2.17. The Hall–Kier alpha value is -1.35. The predicted molar refractivity (Wildman–Crippen MR) is 85.0 cm³/mol. The molecule has 0 radical (unpaired) electrons. The third-order valence-electron chi connectivity index (χ3n) is 3.42. The molecule has 1 amide bonds. The number of carbonyl (C=O) groups is 1. The van der Waals surface area contributed by atoms with Crippen LogP contribution in [0.3, 0.4) is 0 Å². The molecule has 0 aliphatic carbocycles. The summed E-state index contributed by atoms with van der Waals surface area (Å²) in [7, 11) is 1.92. The van der Waals surface area contributed by atoms with Crippen LogP contribution in [0, 0.1) is 5.92 Å². The quantitative estimate of drug-likeness (QED) is 0.717. The highest BCUT2D eigenvalue weighted by Gasteiger charge is 2.14. The highest BCUT2D eigenvalue weighted by atomic mass is 16.1. The van der Waals surface area contributed by atoms with E-state index in [1.165, 1.54) is 5.56 Å². The Balaban J connectivity index is 2.49. The van der Waals surface area contributed by atoms with Crippen LogP contribution in [0.2, 0.25) is 0 Å². The topological polar surface area (TPSA) is 41.1 Å². The number of benzene rings is 1. The van der Waals surface area contributed by atoms with Gasteiger partial charge in [0.2, 0.25) is 5.91 Å². The monoisotopic (exact) mass is 276 g/mol. The molecule has 0 aliphatic rings. The molecule has 112 valence electrons. The Morgan fingerprint density at radius 3 is 2.30 bits per heavy atom. The van der Waals surface area contributed by atoms with Crippen molar-refractivity contribution in [3.05, 3.63) is 35.4 Å². The molecule has 0 saturated heterocycles. The first-order chi connectivity index (χ1) is 9.54. The Labute approximate surface area is 123 Å². The first-order valence-electron chi connectivity index (χ1n) is 7.55. The number of rotatable bonds is 8. The SMILES string of the molecule is CNCCCNC(=O)[C@H](C)c1ccc(CC(C)C)cc1. The lowest BCUT2D eigenvalue weighted by atomic mass is 9.96. The molecular weight excluding hydrogens is 248 g/mol. The van der Waals surface area contributed by atoms with E-state index in [9.17, 15) is 4.79 Å². The molecular formula is C17H28N2O.